The summed E-state index contributed by atoms with van der Waals surface area (Å²) in [5.74, 6) is -0.427. The van der Waals surface area contributed by atoms with Gasteiger partial charge in [-0.2, -0.15) is 0 Å². The van der Waals surface area contributed by atoms with Gasteiger partial charge in [-0.1, -0.05) is 19.4 Å². The van der Waals surface area contributed by atoms with Crippen LogP contribution in [0.15, 0.2) is 18.3 Å². The molecule has 2 amide bonds. The molecule has 0 aromatic carbocycles. The number of pyridine rings is 1. The molecule has 1 N–H and O–H groups in total. The van der Waals surface area contributed by atoms with Gasteiger partial charge in [0, 0.05) is 32.3 Å². The molecule has 1 aromatic rings. The van der Waals surface area contributed by atoms with Gasteiger partial charge in [-0.05, 0) is 25.0 Å². The number of nitrogens with one attached hydrogen (secondary N) is 1. The molecule has 114 valence electrons. The van der Waals surface area contributed by atoms with Crippen molar-refractivity contribution in [1.82, 2.24) is 15.2 Å². The highest BCUT2D eigenvalue weighted by Crippen LogP contribution is 2.26. The Balaban J connectivity index is 2.20. The molecule has 0 saturated carbocycles. The van der Waals surface area contributed by atoms with E-state index in [2.05, 4.69) is 17.2 Å². The first-order valence-electron chi connectivity index (χ1n) is 7.52. The van der Waals surface area contributed by atoms with Gasteiger partial charge in [-0.3, -0.25) is 14.6 Å². The molecule has 1 aromatic heterocycles. The summed E-state index contributed by atoms with van der Waals surface area (Å²) in [6.07, 6.45) is 3.68. The van der Waals surface area contributed by atoms with Gasteiger partial charge >= 0.3 is 0 Å². The fourth-order valence-corrected chi connectivity index (χ4v) is 2.77. The average Bonchev–Trinajstić information content (AvgIpc) is 2.46. The molecule has 0 bridgehead atoms. The van der Waals surface area contributed by atoms with Crippen molar-refractivity contribution in [3.8, 4) is 0 Å². The van der Waals surface area contributed by atoms with E-state index in [1.807, 2.05) is 19.1 Å². The highest BCUT2D eigenvalue weighted by Gasteiger charge is 2.33. The van der Waals surface area contributed by atoms with E-state index in [9.17, 15) is 9.59 Å². The Bertz CT molecular complexity index is 530. The number of rotatable bonds is 4. The van der Waals surface area contributed by atoms with E-state index in [-0.39, 0.29) is 23.8 Å². The quantitative estimate of drug-likeness (QED) is 0.920. The normalized spacial score (nSPS) is 18.8. The van der Waals surface area contributed by atoms with Gasteiger partial charge in [0.15, 0.2) is 0 Å². The number of hydrogen-bond donors (Lipinski definition) is 1. The maximum atomic E-state index is 12.5. The lowest BCUT2D eigenvalue weighted by molar-refractivity contribution is -0.131. The van der Waals surface area contributed by atoms with Gasteiger partial charge in [0.05, 0.1) is 11.6 Å². The highest BCUT2D eigenvalue weighted by atomic mass is 16.2. The van der Waals surface area contributed by atoms with Gasteiger partial charge in [0.1, 0.15) is 0 Å². The van der Waals surface area contributed by atoms with Crippen molar-refractivity contribution in [3.05, 3.63) is 29.6 Å². The first kappa shape index (κ1) is 15.5. The summed E-state index contributed by atoms with van der Waals surface area (Å²) in [6.45, 7) is 6.58. The first-order valence-corrected chi connectivity index (χ1v) is 7.52. The van der Waals surface area contributed by atoms with Gasteiger partial charge in [0.25, 0.3) is 0 Å². The molecule has 2 unspecified atom stereocenters. The van der Waals surface area contributed by atoms with E-state index >= 15 is 0 Å². The Morgan fingerprint density at radius 1 is 1.52 bits per heavy atom. The summed E-state index contributed by atoms with van der Waals surface area (Å²) in [6, 6.07) is 3.92. The zero-order valence-electron chi connectivity index (χ0n) is 12.9. The van der Waals surface area contributed by atoms with Crippen LogP contribution < -0.4 is 5.32 Å². The van der Waals surface area contributed by atoms with Crippen molar-refractivity contribution in [2.45, 2.75) is 52.1 Å². The number of hydrogen-bond acceptors (Lipinski definition) is 3. The molecule has 0 fully saturated rings. The molecule has 2 rings (SSSR count). The summed E-state index contributed by atoms with van der Waals surface area (Å²) >= 11 is 0. The minimum Gasteiger partial charge on any atom is -0.353 e. The maximum Gasteiger partial charge on any atom is 0.231 e. The second-order valence-corrected chi connectivity index (χ2v) is 5.70. The summed E-state index contributed by atoms with van der Waals surface area (Å²) in [5.41, 5.74) is 1.76. The standard InChI is InChI=1S/C16H23N3O2/c1-4-6-11(2)18-16(21)14-10-19(12(3)20)9-13-7-5-8-17-15(13)14/h5,7-8,11,14H,4,6,9-10H2,1-3H3,(H,18,21). The van der Waals surface area contributed by atoms with Gasteiger partial charge in [-0.15, -0.1) is 0 Å². The fraction of sp³-hybridized carbons (Fsp3) is 0.562. The predicted molar refractivity (Wildman–Crippen MR) is 80.6 cm³/mol. The summed E-state index contributed by atoms with van der Waals surface area (Å²) in [7, 11) is 0. The van der Waals surface area contributed by atoms with Crippen molar-refractivity contribution in [2.24, 2.45) is 0 Å². The van der Waals surface area contributed by atoms with E-state index in [1.54, 1.807) is 11.1 Å². The van der Waals surface area contributed by atoms with Crippen LogP contribution in [0, 0.1) is 0 Å². The van der Waals surface area contributed by atoms with E-state index in [0.717, 1.165) is 24.1 Å². The van der Waals surface area contributed by atoms with Crippen LogP contribution in [0.2, 0.25) is 0 Å². The lowest BCUT2D eigenvalue weighted by atomic mass is 9.93. The minimum atomic E-state index is -0.377. The molecule has 2 atom stereocenters. The summed E-state index contributed by atoms with van der Waals surface area (Å²) in [5, 5.41) is 3.03. The Kier molecular flexibility index (Phi) is 4.94. The second kappa shape index (κ2) is 6.70. The van der Waals surface area contributed by atoms with Crippen molar-refractivity contribution in [2.75, 3.05) is 6.54 Å². The molecule has 1 aliphatic heterocycles. The predicted octanol–water partition coefficient (Wildman–Crippen LogP) is 1.83. The molecule has 5 heteroatoms. The van der Waals surface area contributed by atoms with Crippen molar-refractivity contribution in [3.63, 3.8) is 0 Å². The van der Waals surface area contributed by atoms with Gasteiger partial charge < -0.3 is 10.2 Å². The molecular formula is C16H23N3O2. The minimum absolute atomic E-state index is 0.0103. The maximum absolute atomic E-state index is 12.5. The van der Waals surface area contributed by atoms with E-state index < -0.39 is 0 Å². The number of carbonyl (C=O) groups is 2. The molecule has 2 heterocycles. The zero-order valence-corrected chi connectivity index (χ0v) is 12.9. The molecule has 0 saturated heterocycles. The van der Waals surface area contributed by atoms with Crippen LogP contribution in [0.25, 0.3) is 0 Å². The molecule has 0 radical (unpaired) electrons. The second-order valence-electron chi connectivity index (χ2n) is 5.70. The van der Waals surface area contributed by atoms with Crippen LogP contribution in [-0.2, 0) is 16.1 Å². The lowest BCUT2D eigenvalue weighted by Crippen LogP contribution is -2.45. The Hall–Kier alpha value is -1.91. The third-order valence-corrected chi connectivity index (χ3v) is 3.89. The van der Waals surface area contributed by atoms with Crippen LogP contribution in [0.4, 0.5) is 0 Å². The van der Waals surface area contributed by atoms with Crippen LogP contribution in [0.5, 0.6) is 0 Å². The van der Waals surface area contributed by atoms with Crippen molar-refractivity contribution in [1.29, 1.82) is 0 Å². The van der Waals surface area contributed by atoms with Crippen LogP contribution in [-0.4, -0.2) is 34.3 Å². The van der Waals surface area contributed by atoms with Crippen molar-refractivity contribution >= 4 is 11.8 Å². The van der Waals surface area contributed by atoms with Crippen LogP contribution in [0.3, 0.4) is 0 Å². The third kappa shape index (κ3) is 3.60. The van der Waals surface area contributed by atoms with E-state index in [0.29, 0.717) is 13.1 Å². The van der Waals surface area contributed by atoms with Gasteiger partial charge in [0.2, 0.25) is 11.8 Å². The largest absolute Gasteiger partial charge is 0.353 e. The van der Waals surface area contributed by atoms with Gasteiger partial charge in [-0.25, -0.2) is 0 Å². The number of carbonyl (C=O) groups excluding carboxylic acids is 2. The Morgan fingerprint density at radius 2 is 2.29 bits per heavy atom. The third-order valence-electron chi connectivity index (χ3n) is 3.89. The number of aromatic nitrogens is 1. The number of amides is 2. The van der Waals surface area contributed by atoms with Crippen molar-refractivity contribution < 1.29 is 9.59 Å². The fourth-order valence-electron chi connectivity index (χ4n) is 2.77. The lowest BCUT2D eigenvalue weighted by Gasteiger charge is -2.33. The molecule has 0 aliphatic carbocycles. The zero-order chi connectivity index (χ0) is 15.4. The van der Waals surface area contributed by atoms with E-state index in [1.165, 1.54) is 6.92 Å². The summed E-state index contributed by atoms with van der Waals surface area (Å²) in [4.78, 5) is 30.3. The summed E-state index contributed by atoms with van der Waals surface area (Å²) < 4.78 is 0. The Labute approximate surface area is 125 Å². The topological polar surface area (TPSA) is 62.3 Å². The van der Waals surface area contributed by atoms with Crippen LogP contribution in [0.1, 0.15) is 50.8 Å². The Morgan fingerprint density at radius 3 is 2.95 bits per heavy atom. The number of fused-ring (bicyclic) bond motifs is 1. The molecule has 21 heavy (non-hydrogen) atoms. The SMILES string of the molecule is CCCC(C)NC(=O)C1CN(C(C)=O)Cc2cccnc21. The van der Waals surface area contributed by atoms with E-state index in [4.69, 9.17) is 0 Å². The molecule has 1 aliphatic rings. The molecular weight excluding hydrogens is 266 g/mol. The average molecular weight is 289 g/mol. The highest BCUT2D eigenvalue weighted by molar-refractivity contribution is 5.85. The molecule has 5 nitrogen and oxygen atoms in total. The number of nitrogens with zero attached hydrogens (tertiary/aromatic N) is 2. The first-order chi connectivity index (χ1) is 10.0. The van der Waals surface area contributed by atoms with Crippen LogP contribution >= 0.6 is 0 Å². The monoisotopic (exact) mass is 289 g/mol. The smallest absolute Gasteiger partial charge is 0.231 e. The molecule has 0 spiro atoms.